The second kappa shape index (κ2) is 18.6. The van der Waals surface area contributed by atoms with Crippen LogP contribution in [0.2, 0.25) is 0 Å². The highest BCUT2D eigenvalue weighted by Crippen LogP contribution is 2.24. The van der Waals surface area contributed by atoms with E-state index in [2.05, 4.69) is 11.4 Å². The minimum atomic E-state index is -2.27. The zero-order valence-corrected chi connectivity index (χ0v) is 16.0. The van der Waals surface area contributed by atoms with Crippen LogP contribution in [-0.2, 0) is 4.52 Å². The highest BCUT2D eigenvalue weighted by molar-refractivity contribution is 7.39. The lowest BCUT2D eigenvalue weighted by Crippen LogP contribution is -2.09. The molecule has 140 valence electrons. The van der Waals surface area contributed by atoms with Crippen molar-refractivity contribution in [1.82, 2.24) is 0 Å². The Morgan fingerprint density at radius 1 is 0.696 bits per heavy atom. The quantitative estimate of drug-likeness (QED) is 0.227. The standard InChI is InChI=1S/C18H39O4P/c1-2-3-4-5-6-7-8-9-10-11-12-13-14-15-18(19)16-17-22-23(20)21/h18-21H,2-17H2,1H3/t18-/m1/s1. The Kier molecular flexibility index (Phi) is 18.8. The molecule has 0 bridgehead atoms. The van der Waals surface area contributed by atoms with Crippen LogP contribution in [0.4, 0.5) is 0 Å². The molecule has 0 amide bonds. The molecule has 5 heteroatoms. The minimum absolute atomic E-state index is 0.221. The summed E-state index contributed by atoms with van der Waals surface area (Å²) in [5.74, 6) is 0. The van der Waals surface area contributed by atoms with E-state index in [0.29, 0.717) is 6.42 Å². The van der Waals surface area contributed by atoms with Gasteiger partial charge in [-0.15, -0.1) is 0 Å². The van der Waals surface area contributed by atoms with Crippen molar-refractivity contribution < 1.29 is 19.4 Å². The van der Waals surface area contributed by atoms with E-state index in [0.717, 1.165) is 12.8 Å². The maximum Gasteiger partial charge on any atom is 0.327 e. The number of hydrogen-bond donors (Lipinski definition) is 3. The van der Waals surface area contributed by atoms with Gasteiger partial charge in [0.05, 0.1) is 12.7 Å². The average molecular weight is 350 g/mol. The lowest BCUT2D eigenvalue weighted by molar-refractivity contribution is 0.123. The first-order valence-corrected chi connectivity index (χ1v) is 10.8. The predicted molar refractivity (Wildman–Crippen MR) is 98.2 cm³/mol. The summed E-state index contributed by atoms with van der Waals surface area (Å²) < 4.78 is 4.65. The van der Waals surface area contributed by atoms with Gasteiger partial charge in [-0.2, -0.15) is 0 Å². The van der Waals surface area contributed by atoms with Crippen LogP contribution < -0.4 is 0 Å². The molecule has 0 spiro atoms. The normalized spacial score (nSPS) is 12.9. The molecule has 0 aromatic carbocycles. The first kappa shape index (κ1) is 23.3. The van der Waals surface area contributed by atoms with Crippen molar-refractivity contribution in [3.05, 3.63) is 0 Å². The van der Waals surface area contributed by atoms with E-state index in [1.54, 1.807) is 0 Å². The molecule has 0 saturated carbocycles. The Bertz CT molecular complexity index is 227. The number of aliphatic hydroxyl groups is 1. The minimum Gasteiger partial charge on any atom is -0.393 e. The van der Waals surface area contributed by atoms with Crippen LogP contribution in [0.1, 0.15) is 103 Å². The monoisotopic (exact) mass is 350 g/mol. The summed E-state index contributed by atoms with van der Waals surface area (Å²) >= 11 is 0. The zero-order valence-electron chi connectivity index (χ0n) is 15.1. The van der Waals surface area contributed by atoms with Gasteiger partial charge in [0, 0.05) is 0 Å². The highest BCUT2D eigenvalue weighted by Gasteiger charge is 2.06. The van der Waals surface area contributed by atoms with Crippen molar-refractivity contribution >= 4 is 8.60 Å². The molecule has 4 nitrogen and oxygen atoms in total. The molecular weight excluding hydrogens is 311 g/mol. The molecule has 0 aromatic heterocycles. The van der Waals surface area contributed by atoms with Gasteiger partial charge < -0.3 is 19.4 Å². The summed E-state index contributed by atoms with van der Waals surface area (Å²) in [6.45, 7) is 2.48. The van der Waals surface area contributed by atoms with Crippen LogP contribution in [0.5, 0.6) is 0 Å². The molecule has 0 radical (unpaired) electrons. The molecule has 1 atom stereocenters. The van der Waals surface area contributed by atoms with E-state index in [1.807, 2.05) is 0 Å². The third kappa shape index (κ3) is 20.2. The topological polar surface area (TPSA) is 69.9 Å². The third-order valence-corrected chi connectivity index (χ3v) is 4.71. The van der Waals surface area contributed by atoms with E-state index in [9.17, 15) is 5.11 Å². The van der Waals surface area contributed by atoms with Crippen molar-refractivity contribution in [3.8, 4) is 0 Å². The van der Waals surface area contributed by atoms with Crippen LogP contribution in [-0.4, -0.2) is 27.6 Å². The van der Waals surface area contributed by atoms with Gasteiger partial charge >= 0.3 is 8.60 Å². The van der Waals surface area contributed by atoms with Gasteiger partial charge in [0.1, 0.15) is 0 Å². The lowest BCUT2D eigenvalue weighted by atomic mass is 10.0. The molecule has 0 rings (SSSR count). The predicted octanol–water partition coefficient (Wildman–Crippen LogP) is 5.45. The maximum atomic E-state index is 9.70. The fourth-order valence-corrected chi connectivity index (χ4v) is 3.08. The van der Waals surface area contributed by atoms with Crippen LogP contribution >= 0.6 is 8.60 Å². The van der Waals surface area contributed by atoms with Gasteiger partial charge in [-0.05, 0) is 12.8 Å². The summed E-state index contributed by atoms with van der Waals surface area (Å²) in [5, 5.41) is 9.70. The molecular formula is C18H39O4P. The molecule has 23 heavy (non-hydrogen) atoms. The second-order valence-corrected chi connectivity index (χ2v) is 7.32. The molecule has 0 heterocycles. The summed E-state index contributed by atoms with van der Waals surface area (Å²) in [4.78, 5) is 17.2. The first-order chi connectivity index (χ1) is 11.2. The van der Waals surface area contributed by atoms with E-state index in [-0.39, 0.29) is 12.7 Å². The highest BCUT2D eigenvalue weighted by atomic mass is 31.2. The Hall–Kier alpha value is 0.270. The smallest absolute Gasteiger partial charge is 0.327 e. The van der Waals surface area contributed by atoms with Gasteiger partial charge in [-0.3, -0.25) is 0 Å². The zero-order chi connectivity index (χ0) is 17.2. The molecule has 3 N–H and O–H groups in total. The number of rotatable bonds is 18. The van der Waals surface area contributed by atoms with Gasteiger partial charge in [-0.1, -0.05) is 90.4 Å². The second-order valence-electron chi connectivity index (χ2n) is 6.56. The van der Waals surface area contributed by atoms with Gasteiger partial charge in [0.15, 0.2) is 0 Å². The summed E-state index contributed by atoms with van der Waals surface area (Å²) in [6, 6.07) is 0. The van der Waals surface area contributed by atoms with Gasteiger partial charge in [-0.25, -0.2) is 0 Å². The fourth-order valence-electron chi connectivity index (χ4n) is 2.81. The molecule has 0 aliphatic heterocycles. The Morgan fingerprint density at radius 3 is 1.57 bits per heavy atom. The first-order valence-electron chi connectivity index (χ1n) is 9.65. The molecule has 0 aromatic rings. The van der Waals surface area contributed by atoms with Crippen molar-refractivity contribution in [2.45, 2.75) is 109 Å². The average Bonchev–Trinajstić information content (AvgIpc) is 2.51. The van der Waals surface area contributed by atoms with Gasteiger partial charge in [0.2, 0.25) is 0 Å². The Balaban J connectivity index is 3.09. The lowest BCUT2D eigenvalue weighted by Gasteiger charge is -2.10. The summed E-state index contributed by atoms with van der Waals surface area (Å²) in [7, 11) is -2.27. The number of hydrogen-bond acceptors (Lipinski definition) is 4. The SMILES string of the molecule is CCCCCCCCCCCCCCC[C@@H](O)CCOP(O)O. The largest absolute Gasteiger partial charge is 0.393 e. The van der Waals surface area contributed by atoms with E-state index < -0.39 is 8.60 Å². The molecule has 0 aliphatic carbocycles. The van der Waals surface area contributed by atoms with Crippen molar-refractivity contribution in [2.75, 3.05) is 6.61 Å². The van der Waals surface area contributed by atoms with Crippen molar-refractivity contribution in [3.63, 3.8) is 0 Å². The van der Waals surface area contributed by atoms with E-state index in [4.69, 9.17) is 9.79 Å². The Labute approximate surface area is 144 Å². The number of aliphatic hydroxyl groups excluding tert-OH is 1. The maximum absolute atomic E-state index is 9.70. The van der Waals surface area contributed by atoms with Crippen LogP contribution in [0.3, 0.4) is 0 Å². The third-order valence-electron chi connectivity index (χ3n) is 4.30. The van der Waals surface area contributed by atoms with E-state index >= 15 is 0 Å². The molecule has 0 saturated heterocycles. The van der Waals surface area contributed by atoms with Crippen molar-refractivity contribution in [2.24, 2.45) is 0 Å². The summed E-state index contributed by atoms with van der Waals surface area (Å²) in [6.07, 6.45) is 18.2. The van der Waals surface area contributed by atoms with E-state index in [1.165, 1.54) is 77.0 Å². The molecule has 0 fully saturated rings. The van der Waals surface area contributed by atoms with Crippen molar-refractivity contribution in [1.29, 1.82) is 0 Å². The fraction of sp³-hybridized carbons (Fsp3) is 1.00. The van der Waals surface area contributed by atoms with Crippen LogP contribution in [0, 0.1) is 0 Å². The molecule has 0 unspecified atom stereocenters. The van der Waals surface area contributed by atoms with Gasteiger partial charge in [0.25, 0.3) is 0 Å². The molecule has 0 aliphatic rings. The summed E-state index contributed by atoms with van der Waals surface area (Å²) in [5.41, 5.74) is 0. The Morgan fingerprint density at radius 2 is 1.13 bits per heavy atom. The van der Waals surface area contributed by atoms with Crippen LogP contribution in [0.25, 0.3) is 0 Å². The van der Waals surface area contributed by atoms with Crippen LogP contribution in [0.15, 0.2) is 0 Å². The number of unbranched alkanes of at least 4 members (excludes halogenated alkanes) is 12.